The molecule has 0 spiro atoms. The van der Waals surface area contributed by atoms with Crippen molar-refractivity contribution in [1.29, 1.82) is 0 Å². The number of halogens is 4. The van der Waals surface area contributed by atoms with Crippen molar-refractivity contribution in [3.05, 3.63) is 93.3 Å². The summed E-state index contributed by atoms with van der Waals surface area (Å²) in [7, 11) is 0. The number of hydrogen-bond acceptors (Lipinski definition) is 4. The minimum Gasteiger partial charge on any atom is -0.427 e. The number of carbonyl (C=O) groups excluding carboxylic acids is 1. The van der Waals surface area contributed by atoms with Gasteiger partial charge in [-0.1, -0.05) is 41.4 Å². The van der Waals surface area contributed by atoms with E-state index in [0.29, 0.717) is 9.75 Å². The molecule has 0 saturated carbocycles. The van der Waals surface area contributed by atoms with E-state index in [1.165, 1.54) is 36.5 Å². The minimum absolute atomic E-state index is 0.0210. The maximum atomic E-state index is 14.3. The molecule has 0 bridgehead atoms. The van der Waals surface area contributed by atoms with Crippen LogP contribution in [0.3, 0.4) is 0 Å². The average Bonchev–Trinajstić information content (AvgIpc) is 2.75. The molecule has 0 aliphatic carbocycles. The first kappa shape index (κ1) is 22.7. The largest absolute Gasteiger partial charge is 0.427 e. The molecule has 1 aromatic carbocycles. The van der Waals surface area contributed by atoms with Crippen LogP contribution in [-0.2, 0) is 23.7 Å². The summed E-state index contributed by atoms with van der Waals surface area (Å²) in [5.41, 5.74) is 0.215. The molecule has 0 unspecified atom stereocenters. The highest BCUT2D eigenvalue weighted by molar-refractivity contribution is 6.31. The first-order chi connectivity index (χ1) is 14.8. The van der Waals surface area contributed by atoms with Crippen LogP contribution in [0.2, 0.25) is 10.0 Å². The quantitative estimate of drug-likeness (QED) is 0.516. The predicted molar refractivity (Wildman–Crippen MR) is 112 cm³/mol. The minimum atomic E-state index is -3.33. The molecule has 6 nitrogen and oxygen atoms in total. The fraction of sp³-hybridized carbons (Fsp3) is 0.190. The van der Waals surface area contributed by atoms with Gasteiger partial charge in [0, 0.05) is 17.8 Å². The molecule has 31 heavy (non-hydrogen) atoms. The van der Waals surface area contributed by atoms with Gasteiger partial charge in [-0.15, -0.1) is 0 Å². The molecule has 162 valence electrons. The Kier molecular flexibility index (Phi) is 7.25. The molecule has 0 fully saturated rings. The van der Waals surface area contributed by atoms with Crippen LogP contribution < -0.4 is 10.8 Å². The van der Waals surface area contributed by atoms with E-state index in [-0.39, 0.29) is 29.2 Å². The summed E-state index contributed by atoms with van der Waals surface area (Å²) in [5.74, 6) is -3.76. The molecule has 2 heterocycles. The normalized spacial score (nSPS) is 12.1. The lowest BCUT2D eigenvalue weighted by Gasteiger charge is -2.14. The van der Waals surface area contributed by atoms with Crippen LogP contribution in [0.4, 0.5) is 8.78 Å². The van der Waals surface area contributed by atoms with Gasteiger partial charge in [-0.05, 0) is 42.0 Å². The molecule has 2 N–H and O–H groups in total. The van der Waals surface area contributed by atoms with Gasteiger partial charge in [0.05, 0.1) is 17.1 Å². The average molecular weight is 467 g/mol. The first-order valence-corrected chi connectivity index (χ1v) is 9.92. The number of pyridine rings is 2. The van der Waals surface area contributed by atoms with Gasteiger partial charge in [0.2, 0.25) is 5.91 Å². The SMILES string of the molecule is O=C(Cc1c(Cl)ccc(=NCC(F)(F)c2ccccn2)n1O)NCc1cccc(Cl)c1. The van der Waals surface area contributed by atoms with Gasteiger partial charge in [-0.25, -0.2) is 0 Å². The van der Waals surface area contributed by atoms with Crippen LogP contribution in [0.25, 0.3) is 0 Å². The standard InChI is InChI=1S/C21H18Cl2F2N4O2/c22-15-5-3-4-14(10-15)12-27-20(30)11-17-16(23)7-8-19(29(17)31)28-13-21(24,25)18-6-1-2-9-26-18/h1-10,31H,11-13H2,(H,27,30). The summed E-state index contributed by atoms with van der Waals surface area (Å²) in [4.78, 5) is 19.7. The Labute approximate surface area is 186 Å². The lowest BCUT2D eigenvalue weighted by atomic mass is 10.2. The topological polar surface area (TPSA) is 79.5 Å². The van der Waals surface area contributed by atoms with E-state index in [0.717, 1.165) is 5.56 Å². The van der Waals surface area contributed by atoms with Crippen LogP contribution in [0.1, 0.15) is 17.0 Å². The van der Waals surface area contributed by atoms with Crippen molar-refractivity contribution in [3.63, 3.8) is 0 Å². The fourth-order valence-electron chi connectivity index (χ4n) is 2.74. The van der Waals surface area contributed by atoms with Gasteiger partial charge in [0.15, 0.2) is 5.49 Å². The van der Waals surface area contributed by atoms with Gasteiger partial charge in [-0.3, -0.25) is 14.8 Å². The molecule has 0 saturated heterocycles. The lowest BCUT2D eigenvalue weighted by Crippen LogP contribution is -2.30. The van der Waals surface area contributed by atoms with Gasteiger partial charge in [-0.2, -0.15) is 13.5 Å². The molecule has 0 aliphatic rings. The molecular weight excluding hydrogens is 449 g/mol. The Balaban J connectivity index is 1.74. The highest BCUT2D eigenvalue weighted by atomic mass is 35.5. The number of carbonyl (C=O) groups is 1. The van der Waals surface area contributed by atoms with Gasteiger partial charge >= 0.3 is 5.92 Å². The van der Waals surface area contributed by atoms with E-state index < -0.39 is 24.1 Å². The third kappa shape index (κ3) is 6.02. The zero-order chi connectivity index (χ0) is 22.4. The molecule has 0 radical (unpaired) electrons. The molecule has 0 aliphatic heterocycles. The van der Waals surface area contributed by atoms with Gasteiger partial charge in [0.1, 0.15) is 12.2 Å². The van der Waals surface area contributed by atoms with Gasteiger partial charge in [0.25, 0.3) is 0 Å². The molecule has 2 aromatic heterocycles. The zero-order valence-corrected chi connectivity index (χ0v) is 17.6. The van der Waals surface area contributed by atoms with Crippen molar-refractivity contribution in [3.8, 4) is 0 Å². The predicted octanol–water partition coefficient (Wildman–Crippen LogP) is 3.98. The summed E-state index contributed by atoms with van der Waals surface area (Å²) in [6.45, 7) is -0.713. The fourth-order valence-corrected chi connectivity index (χ4v) is 3.16. The van der Waals surface area contributed by atoms with Gasteiger partial charge < -0.3 is 10.5 Å². The van der Waals surface area contributed by atoms with E-state index in [1.54, 1.807) is 24.3 Å². The number of aromatic nitrogens is 2. The maximum absolute atomic E-state index is 14.3. The Morgan fingerprint density at radius 2 is 1.97 bits per heavy atom. The zero-order valence-electron chi connectivity index (χ0n) is 16.1. The van der Waals surface area contributed by atoms with Crippen LogP contribution in [0.15, 0.2) is 65.8 Å². The molecule has 3 rings (SSSR count). The number of amides is 1. The highest BCUT2D eigenvalue weighted by Crippen LogP contribution is 2.25. The molecule has 1 amide bonds. The number of benzene rings is 1. The Morgan fingerprint density at radius 1 is 1.16 bits per heavy atom. The monoisotopic (exact) mass is 466 g/mol. The summed E-state index contributed by atoms with van der Waals surface area (Å²) < 4.78 is 29.2. The third-order valence-corrected chi connectivity index (χ3v) is 4.89. The summed E-state index contributed by atoms with van der Waals surface area (Å²) in [6, 6.07) is 13.8. The number of alkyl halides is 2. The van der Waals surface area contributed by atoms with Crippen molar-refractivity contribution < 1.29 is 18.8 Å². The second kappa shape index (κ2) is 9.89. The first-order valence-electron chi connectivity index (χ1n) is 9.17. The van der Waals surface area contributed by atoms with Crippen molar-refractivity contribution in [1.82, 2.24) is 15.0 Å². The van der Waals surface area contributed by atoms with Crippen LogP contribution in [0, 0.1) is 0 Å². The number of rotatable bonds is 7. The lowest BCUT2D eigenvalue weighted by molar-refractivity contribution is -0.120. The number of nitrogens with one attached hydrogen (secondary N) is 1. The highest BCUT2D eigenvalue weighted by Gasteiger charge is 2.32. The second-order valence-corrected chi connectivity index (χ2v) is 7.46. The van der Waals surface area contributed by atoms with Crippen molar-refractivity contribution in [2.45, 2.75) is 18.9 Å². The van der Waals surface area contributed by atoms with E-state index in [4.69, 9.17) is 23.2 Å². The van der Waals surface area contributed by atoms with Crippen molar-refractivity contribution >= 4 is 29.1 Å². The maximum Gasteiger partial charge on any atom is 0.308 e. The van der Waals surface area contributed by atoms with E-state index >= 15 is 0 Å². The van der Waals surface area contributed by atoms with Crippen LogP contribution in [0.5, 0.6) is 0 Å². The summed E-state index contributed by atoms with van der Waals surface area (Å²) in [5, 5.41) is 13.7. The van der Waals surface area contributed by atoms with Crippen molar-refractivity contribution in [2.24, 2.45) is 4.99 Å². The van der Waals surface area contributed by atoms with E-state index in [1.807, 2.05) is 0 Å². The Hall–Kier alpha value is -2.97. The van der Waals surface area contributed by atoms with Crippen molar-refractivity contribution in [2.75, 3.05) is 6.54 Å². The Bertz CT molecular complexity index is 1140. The van der Waals surface area contributed by atoms with E-state index in [9.17, 15) is 18.8 Å². The summed E-state index contributed by atoms with van der Waals surface area (Å²) in [6.07, 6.45) is 0.980. The molecule has 10 heteroatoms. The third-order valence-electron chi connectivity index (χ3n) is 4.31. The van der Waals surface area contributed by atoms with Crippen LogP contribution in [-0.4, -0.2) is 27.4 Å². The second-order valence-electron chi connectivity index (χ2n) is 6.62. The summed E-state index contributed by atoms with van der Waals surface area (Å²) >= 11 is 12.0. The van der Waals surface area contributed by atoms with Crippen LogP contribution >= 0.6 is 23.2 Å². The molecule has 3 aromatic rings. The molecule has 0 atom stereocenters. The Morgan fingerprint density at radius 3 is 2.68 bits per heavy atom. The van der Waals surface area contributed by atoms with E-state index in [2.05, 4.69) is 15.3 Å². The number of hydrogen-bond donors (Lipinski definition) is 2. The molecular formula is C21H18Cl2F2N4O2. The smallest absolute Gasteiger partial charge is 0.308 e. The number of nitrogens with zero attached hydrogens (tertiary/aromatic N) is 3.